The topological polar surface area (TPSA) is 39.1 Å². The second-order valence-corrected chi connectivity index (χ2v) is 4.84. The lowest BCUT2D eigenvalue weighted by molar-refractivity contribution is 0.414. The molecule has 0 fully saturated rings. The van der Waals surface area contributed by atoms with Crippen molar-refractivity contribution >= 4 is 23.2 Å². The van der Waals surface area contributed by atoms with E-state index in [-0.39, 0.29) is 0 Å². The van der Waals surface area contributed by atoms with Crippen molar-refractivity contribution in [3.63, 3.8) is 0 Å². The number of halogens is 1. The zero-order valence-corrected chi connectivity index (χ0v) is 12.2. The molecule has 0 radical (unpaired) electrons. The molecule has 0 atom stereocenters. The SMILES string of the molecule is COc1ccc(Cl)c(-n2ccnc2Nc2ccccc2)c1. The van der Waals surface area contributed by atoms with Crippen molar-refractivity contribution in [2.75, 3.05) is 12.4 Å². The molecule has 3 rings (SSSR count). The summed E-state index contributed by atoms with van der Waals surface area (Å²) in [6.45, 7) is 0. The molecule has 1 N–H and O–H groups in total. The van der Waals surface area contributed by atoms with Crippen LogP contribution in [0, 0.1) is 0 Å². The van der Waals surface area contributed by atoms with Crippen molar-refractivity contribution in [2.24, 2.45) is 0 Å². The fraction of sp³-hybridized carbons (Fsp3) is 0.0625. The Morgan fingerprint density at radius 3 is 2.71 bits per heavy atom. The molecule has 4 nitrogen and oxygen atoms in total. The number of benzene rings is 2. The minimum atomic E-state index is 0.630. The lowest BCUT2D eigenvalue weighted by Crippen LogP contribution is -2.02. The maximum absolute atomic E-state index is 6.29. The van der Waals surface area contributed by atoms with E-state index < -0.39 is 0 Å². The Morgan fingerprint density at radius 1 is 1.14 bits per heavy atom. The summed E-state index contributed by atoms with van der Waals surface area (Å²) in [5, 5.41) is 3.90. The number of methoxy groups -OCH3 is 1. The maximum Gasteiger partial charge on any atom is 0.212 e. The van der Waals surface area contributed by atoms with Gasteiger partial charge >= 0.3 is 0 Å². The number of nitrogens with zero attached hydrogens (tertiary/aromatic N) is 2. The van der Waals surface area contributed by atoms with Crippen molar-refractivity contribution in [1.29, 1.82) is 0 Å². The van der Waals surface area contributed by atoms with Crippen LogP contribution in [0.2, 0.25) is 5.02 Å². The third-order valence-corrected chi connectivity index (χ3v) is 3.40. The van der Waals surface area contributed by atoms with Gasteiger partial charge in [-0.1, -0.05) is 29.8 Å². The fourth-order valence-electron chi connectivity index (χ4n) is 2.04. The molecule has 0 saturated heterocycles. The Morgan fingerprint density at radius 2 is 1.95 bits per heavy atom. The largest absolute Gasteiger partial charge is 0.497 e. The first kappa shape index (κ1) is 13.5. The molecule has 0 aliphatic heterocycles. The number of anilines is 2. The van der Waals surface area contributed by atoms with Gasteiger partial charge in [-0.15, -0.1) is 0 Å². The second kappa shape index (κ2) is 5.89. The molecule has 106 valence electrons. The van der Waals surface area contributed by atoms with Crippen LogP contribution in [-0.2, 0) is 0 Å². The summed E-state index contributed by atoms with van der Waals surface area (Å²) in [5.41, 5.74) is 1.77. The van der Waals surface area contributed by atoms with E-state index in [4.69, 9.17) is 16.3 Å². The maximum atomic E-state index is 6.29. The highest BCUT2D eigenvalue weighted by Gasteiger charge is 2.10. The molecule has 0 saturated carbocycles. The monoisotopic (exact) mass is 299 g/mol. The zero-order valence-electron chi connectivity index (χ0n) is 11.5. The zero-order chi connectivity index (χ0) is 14.7. The van der Waals surface area contributed by atoms with Crippen LogP contribution in [0.25, 0.3) is 5.69 Å². The molecule has 21 heavy (non-hydrogen) atoms. The Labute approximate surface area is 128 Å². The number of ether oxygens (including phenoxy) is 1. The first-order valence-electron chi connectivity index (χ1n) is 6.47. The van der Waals surface area contributed by atoms with Crippen LogP contribution in [0.1, 0.15) is 0 Å². The standard InChI is InChI=1S/C16H14ClN3O/c1-21-13-7-8-14(17)15(11-13)20-10-9-18-16(20)19-12-5-3-2-4-6-12/h2-11H,1H3,(H,18,19). The third-order valence-electron chi connectivity index (χ3n) is 3.08. The number of aromatic nitrogens is 2. The first-order chi connectivity index (χ1) is 10.3. The minimum Gasteiger partial charge on any atom is -0.497 e. The van der Waals surface area contributed by atoms with Crippen LogP contribution in [0.15, 0.2) is 60.9 Å². The average Bonchev–Trinajstić information content (AvgIpc) is 2.97. The number of imidazole rings is 1. The van der Waals surface area contributed by atoms with Gasteiger partial charge in [-0.05, 0) is 24.3 Å². The van der Waals surface area contributed by atoms with Crippen LogP contribution < -0.4 is 10.1 Å². The molecular formula is C16H14ClN3O. The van der Waals surface area contributed by atoms with Crippen molar-refractivity contribution in [3.05, 3.63) is 65.9 Å². The van der Waals surface area contributed by atoms with E-state index in [1.54, 1.807) is 13.3 Å². The second-order valence-electron chi connectivity index (χ2n) is 4.43. The average molecular weight is 300 g/mol. The van der Waals surface area contributed by atoms with E-state index in [1.165, 1.54) is 0 Å². The number of nitrogens with one attached hydrogen (secondary N) is 1. The summed E-state index contributed by atoms with van der Waals surface area (Å²) in [6.07, 6.45) is 3.58. The lowest BCUT2D eigenvalue weighted by Gasteiger charge is -2.12. The molecule has 1 heterocycles. The van der Waals surface area contributed by atoms with Crippen molar-refractivity contribution < 1.29 is 4.74 Å². The molecule has 1 aromatic heterocycles. The van der Waals surface area contributed by atoms with E-state index in [0.29, 0.717) is 11.0 Å². The summed E-state index contributed by atoms with van der Waals surface area (Å²) in [4.78, 5) is 4.34. The van der Waals surface area contributed by atoms with E-state index in [0.717, 1.165) is 17.1 Å². The molecule has 0 unspecified atom stereocenters. The number of para-hydroxylation sites is 1. The van der Waals surface area contributed by atoms with Gasteiger partial charge in [0.15, 0.2) is 0 Å². The molecular weight excluding hydrogens is 286 g/mol. The molecule has 0 spiro atoms. The van der Waals surface area contributed by atoms with Gasteiger partial charge in [-0.2, -0.15) is 0 Å². The highest BCUT2D eigenvalue weighted by atomic mass is 35.5. The molecule has 0 amide bonds. The fourth-order valence-corrected chi connectivity index (χ4v) is 2.25. The normalized spacial score (nSPS) is 10.4. The van der Waals surface area contributed by atoms with Gasteiger partial charge in [-0.25, -0.2) is 4.98 Å². The number of hydrogen-bond acceptors (Lipinski definition) is 3. The number of rotatable bonds is 4. The Balaban J connectivity index is 1.99. The van der Waals surface area contributed by atoms with Crippen LogP contribution >= 0.6 is 11.6 Å². The molecule has 3 aromatic rings. The van der Waals surface area contributed by atoms with Gasteiger partial charge in [0.2, 0.25) is 5.95 Å². The van der Waals surface area contributed by atoms with E-state index in [1.807, 2.05) is 59.3 Å². The van der Waals surface area contributed by atoms with Crippen molar-refractivity contribution in [1.82, 2.24) is 9.55 Å². The highest BCUT2D eigenvalue weighted by molar-refractivity contribution is 6.32. The Bertz CT molecular complexity index is 740. The Kier molecular flexibility index (Phi) is 3.79. The molecule has 5 heteroatoms. The predicted octanol–water partition coefficient (Wildman–Crippen LogP) is 4.28. The van der Waals surface area contributed by atoms with Gasteiger partial charge in [-0.3, -0.25) is 4.57 Å². The van der Waals surface area contributed by atoms with Crippen LogP contribution in [0.5, 0.6) is 5.75 Å². The van der Waals surface area contributed by atoms with Crippen LogP contribution in [-0.4, -0.2) is 16.7 Å². The highest BCUT2D eigenvalue weighted by Crippen LogP contribution is 2.28. The first-order valence-corrected chi connectivity index (χ1v) is 6.85. The van der Waals surface area contributed by atoms with E-state index in [2.05, 4.69) is 10.3 Å². The van der Waals surface area contributed by atoms with Crippen LogP contribution in [0.3, 0.4) is 0 Å². The minimum absolute atomic E-state index is 0.630. The molecule has 0 aliphatic carbocycles. The summed E-state index contributed by atoms with van der Waals surface area (Å²) in [7, 11) is 1.63. The summed E-state index contributed by atoms with van der Waals surface area (Å²) >= 11 is 6.29. The smallest absolute Gasteiger partial charge is 0.212 e. The predicted molar refractivity (Wildman–Crippen MR) is 84.9 cm³/mol. The van der Waals surface area contributed by atoms with Gasteiger partial charge in [0.1, 0.15) is 5.75 Å². The summed E-state index contributed by atoms with van der Waals surface area (Å²) < 4.78 is 7.14. The van der Waals surface area contributed by atoms with Gasteiger partial charge < -0.3 is 10.1 Å². The van der Waals surface area contributed by atoms with Crippen molar-refractivity contribution in [3.8, 4) is 11.4 Å². The number of hydrogen-bond donors (Lipinski definition) is 1. The molecule has 0 bridgehead atoms. The summed E-state index contributed by atoms with van der Waals surface area (Å²) in [6, 6.07) is 15.4. The molecule has 2 aromatic carbocycles. The Hall–Kier alpha value is -2.46. The van der Waals surface area contributed by atoms with Gasteiger partial charge in [0.05, 0.1) is 17.8 Å². The van der Waals surface area contributed by atoms with E-state index >= 15 is 0 Å². The summed E-state index contributed by atoms with van der Waals surface area (Å²) in [5.74, 6) is 1.44. The third kappa shape index (κ3) is 2.85. The quantitative estimate of drug-likeness (QED) is 0.781. The van der Waals surface area contributed by atoms with Gasteiger partial charge in [0, 0.05) is 24.1 Å². The van der Waals surface area contributed by atoms with Crippen molar-refractivity contribution in [2.45, 2.75) is 0 Å². The lowest BCUT2D eigenvalue weighted by atomic mass is 10.3. The van der Waals surface area contributed by atoms with Crippen LogP contribution in [0.4, 0.5) is 11.6 Å². The molecule has 0 aliphatic rings. The van der Waals surface area contributed by atoms with Gasteiger partial charge in [0.25, 0.3) is 0 Å². The van der Waals surface area contributed by atoms with E-state index in [9.17, 15) is 0 Å².